The molecule has 12 nitrogen and oxygen atoms in total. The first-order valence-electron chi connectivity index (χ1n) is 18.2. The van der Waals surface area contributed by atoms with E-state index in [4.69, 9.17) is 9.47 Å². The number of benzene rings is 3. The topological polar surface area (TPSA) is 130 Å². The molecule has 12 heteroatoms. The van der Waals surface area contributed by atoms with Crippen LogP contribution in [0.5, 0.6) is 5.75 Å². The number of aromatic nitrogens is 3. The maximum Gasteiger partial charge on any atom is 0.250 e. The zero-order chi connectivity index (χ0) is 37.3. The molecule has 3 aliphatic heterocycles. The van der Waals surface area contributed by atoms with Crippen LogP contribution < -0.4 is 9.64 Å². The zero-order valence-corrected chi connectivity index (χ0v) is 30.2. The average Bonchev–Trinajstić information content (AvgIpc) is 3.88. The zero-order valence-electron chi connectivity index (χ0n) is 30.2. The van der Waals surface area contributed by atoms with Crippen molar-refractivity contribution in [1.29, 1.82) is 0 Å². The Morgan fingerprint density at radius 2 is 1.74 bits per heavy atom. The van der Waals surface area contributed by atoms with Gasteiger partial charge in [-0.15, -0.1) is 18.3 Å². The van der Waals surface area contributed by atoms with Gasteiger partial charge in [0.1, 0.15) is 29.6 Å². The fourth-order valence-corrected chi connectivity index (χ4v) is 8.79. The lowest BCUT2D eigenvalue weighted by Gasteiger charge is -2.39. The standard InChI is InChI=1S/C41H46N6O6/c1-5-23-44(27-46-33-16-12-11-15-32(33)42-43-46)39(51)36-41-22-21-40(4,53-41)34(37(49)45(24-6-2)29-17-19-31(20-18-29)52-7-3)35(41)38(50)47(36)30(26-48)25-28-13-9-8-10-14-28/h5-6,8-20,30,34-36,48H,1-2,7,21-27H2,3-4H3/t30-,34+,35+,36?,40-,41?/m1/s1. The molecule has 6 atom stereocenters. The summed E-state index contributed by atoms with van der Waals surface area (Å²) in [6.45, 7) is 12.1. The summed E-state index contributed by atoms with van der Waals surface area (Å²) < 4.78 is 14.3. The molecule has 53 heavy (non-hydrogen) atoms. The van der Waals surface area contributed by atoms with E-state index in [1.54, 1.807) is 26.6 Å². The molecule has 1 spiro atoms. The molecule has 0 aliphatic carbocycles. The highest BCUT2D eigenvalue weighted by Crippen LogP contribution is 2.64. The van der Waals surface area contributed by atoms with Crippen LogP contribution in [-0.2, 0) is 32.2 Å². The van der Waals surface area contributed by atoms with Gasteiger partial charge in [-0.05, 0) is 75.1 Å². The largest absolute Gasteiger partial charge is 0.494 e. The minimum absolute atomic E-state index is 0.0393. The quantitative estimate of drug-likeness (QED) is 0.179. The Morgan fingerprint density at radius 1 is 1.02 bits per heavy atom. The number of hydrogen-bond donors (Lipinski definition) is 1. The molecule has 3 aromatic carbocycles. The lowest BCUT2D eigenvalue weighted by atomic mass is 9.66. The van der Waals surface area contributed by atoms with Gasteiger partial charge in [0.25, 0.3) is 0 Å². The number of rotatable bonds is 15. The van der Waals surface area contributed by atoms with Crippen molar-refractivity contribution in [2.45, 2.75) is 63.1 Å². The van der Waals surface area contributed by atoms with Crippen molar-refractivity contribution in [3.05, 3.63) is 110 Å². The van der Waals surface area contributed by atoms with Gasteiger partial charge in [-0.2, -0.15) is 0 Å². The van der Waals surface area contributed by atoms with Crippen LogP contribution >= 0.6 is 0 Å². The van der Waals surface area contributed by atoms with Crippen LogP contribution in [-0.4, -0.2) is 97.2 Å². The van der Waals surface area contributed by atoms with Crippen LogP contribution in [0.25, 0.3) is 11.0 Å². The van der Waals surface area contributed by atoms with Crippen molar-refractivity contribution in [2.75, 3.05) is 31.2 Å². The number of ether oxygens (including phenoxy) is 2. The van der Waals surface area contributed by atoms with Crippen LogP contribution in [0.2, 0.25) is 0 Å². The Labute approximate surface area is 309 Å². The molecule has 3 aliphatic rings. The maximum absolute atomic E-state index is 15.2. The summed E-state index contributed by atoms with van der Waals surface area (Å²) in [5, 5.41) is 19.6. The lowest BCUT2D eigenvalue weighted by molar-refractivity contribution is -0.155. The van der Waals surface area contributed by atoms with E-state index in [0.29, 0.717) is 42.8 Å². The molecule has 3 amide bonds. The summed E-state index contributed by atoms with van der Waals surface area (Å²) in [5.41, 5.74) is 0.608. The average molecular weight is 719 g/mol. The number of carbonyl (C=O) groups is 3. The van der Waals surface area contributed by atoms with Gasteiger partial charge >= 0.3 is 0 Å². The predicted octanol–water partition coefficient (Wildman–Crippen LogP) is 4.39. The van der Waals surface area contributed by atoms with Crippen molar-refractivity contribution in [3.63, 3.8) is 0 Å². The molecule has 3 saturated heterocycles. The minimum Gasteiger partial charge on any atom is -0.494 e. The van der Waals surface area contributed by atoms with E-state index in [9.17, 15) is 9.90 Å². The normalized spacial score (nSPS) is 24.9. The van der Waals surface area contributed by atoms with Crippen LogP contribution in [0, 0.1) is 11.8 Å². The molecule has 7 rings (SSSR count). The number of anilines is 1. The number of carbonyl (C=O) groups excluding carboxylic acids is 3. The van der Waals surface area contributed by atoms with E-state index < -0.39 is 41.7 Å². The SMILES string of the molecule is C=CCN(Cn1nnc2ccccc21)C(=O)C1N([C@@H](CO)Cc2ccccc2)C(=O)[C@@H]2[C@@H](C(=O)N(CC=C)c3ccc(OCC)cc3)[C@@]3(C)CCC12O3. The highest BCUT2D eigenvalue weighted by molar-refractivity contribution is 6.03. The number of hydrogen-bond acceptors (Lipinski definition) is 8. The first kappa shape index (κ1) is 36.0. The van der Waals surface area contributed by atoms with Gasteiger partial charge in [-0.1, -0.05) is 59.8 Å². The number of amides is 3. The first-order valence-corrected chi connectivity index (χ1v) is 18.2. The van der Waals surface area contributed by atoms with Gasteiger partial charge in [0.15, 0.2) is 0 Å². The second-order valence-corrected chi connectivity index (χ2v) is 14.2. The van der Waals surface area contributed by atoms with E-state index in [-0.39, 0.29) is 37.5 Å². The van der Waals surface area contributed by atoms with Crippen LogP contribution in [0.1, 0.15) is 32.3 Å². The van der Waals surface area contributed by atoms with Gasteiger partial charge < -0.3 is 29.3 Å². The summed E-state index contributed by atoms with van der Waals surface area (Å²) in [7, 11) is 0. The van der Waals surface area contributed by atoms with E-state index in [1.165, 1.54) is 4.90 Å². The van der Waals surface area contributed by atoms with Crippen molar-refractivity contribution in [2.24, 2.45) is 11.8 Å². The van der Waals surface area contributed by atoms with Crippen LogP contribution in [0.15, 0.2) is 104 Å². The molecule has 2 bridgehead atoms. The van der Waals surface area contributed by atoms with Gasteiger partial charge in [-0.3, -0.25) is 14.4 Å². The summed E-state index contributed by atoms with van der Waals surface area (Å²) in [5.74, 6) is -2.24. The highest BCUT2D eigenvalue weighted by Gasteiger charge is 2.79. The van der Waals surface area contributed by atoms with E-state index in [0.717, 1.165) is 11.1 Å². The summed E-state index contributed by atoms with van der Waals surface area (Å²) >= 11 is 0. The minimum atomic E-state index is -1.32. The van der Waals surface area contributed by atoms with Crippen molar-refractivity contribution < 1.29 is 29.0 Å². The Balaban J connectivity index is 1.30. The summed E-state index contributed by atoms with van der Waals surface area (Å²) in [4.78, 5) is 50.0. The van der Waals surface area contributed by atoms with Crippen molar-refractivity contribution in [3.8, 4) is 5.75 Å². The number of aliphatic hydroxyl groups excluding tert-OH is 1. The van der Waals surface area contributed by atoms with Crippen LogP contribution in [0.3, 0.4) is 0 Å². The monoisotopic (exact) mass is 718 g/mol. The molecule has 0 radical (unpaired) electrons. The van der Waals surface area contributed by atoms with Crippen molar-refractivity contribution in [1.82, 2.24) is 24.8 Å². The Kier molecular flexibility index (Phi) is 9.93. The van der Waals surface area contributed by atoms with E-state index in [2.05, 4.69) is 23.5 Å². The lowest BCUT2D eigenvalue weighted by Crippen LogP contribution is -2.59. The second-order valence-electron chi connectivity index (χ2n) is 14.2. The van der Waals surface area contributed by atoms with Crippen LogP contribution in [0.4, 0.5) is 5.69 Å². The molecule has 4 aromatic rings. The Bertz CT molecular complexity index is 2000. The third-order valence-corrected chi connectivity index (χ3v) is 11.1. The molecule has 1 aromatic heterocycles. The third kappa shape index (κ3) is 6.19. The predicted molar refractivity (Wildman–Crippen MR) is 200 cm³/mol. The highest BCUT2D eigenvalue weighted by atomic mass is 16.5. The molecule has 4 heterocycles. The molecule has 3 fully saturated rings. The number of likely N-dealkylation sites (tertiary alicyclic amines) is 1. The molecular weight excluding hydrogens is 672 g/mol. The van der Waals surface area contributed by atoms with Gasteiger partial charge in [0.05, 0.1) is 42.2 Å². The fraction of sp³-hybridized carbons (Fsp3) is 0.390. The first-order chi connectivity index (χ1) is 25.7. The maximum atomic E-state index is 15.2. The molecule has 276 valence electrons. The number of aliphatic hydroxyl groups is 1. The Hall–Kier alpha value is -5.33. The van der Waals surface area contributed by atoms with Gasteiger partial charge in [-0.25, -0.2) is 4.68 Å². The molecule has 1 N–H and O–H groups in total. The molecule has 2 unspecified atom stereocenters. The summed E-state index contributed by atoms with van der Waals surface area (Å²) in [6.07, 6.45) is 4.44. The molecular formula is C41H46N6O6. The second kappa shape index (κ2) is 14.6. The number of nitrogens with zero attached hydrogens (tertiary/aromatic N) is 6. The number of para-hydroxylation sites is 1. The van der Waals surface area contributed by atoms with E-state index >= 15 is 9.59 Å². The number of fused-ring (bicyclic) bond motifs is 2. The van der Waals surface area contributed by atoms with Gasteiger partial charge in [0, 0.05) is 18.8 Å². The smallest absolute Gasteiger partial charge is 0.250 e. The molecule has 0 saturated carbocycles. The van der Waals surface area contributed by atoms with E-state index in [1.807, 2.05) is 92.7 Å². The van der Waals surface area contributed by atoms with Crippen molar-refractivity contribution >= 4 is 34.4 Å². The van der Waals surface area contributed by atoms with Gasteiger partial charge in [0.2, 0.25) is 17.7 Å². The Morgan fingerprint density at radius 3 is 2.43 bits per heavy atom. The fourth-order valence-electron chi connectivity index (χ4n) is 8.79. The summed E-state index contributed by atoms with van der Waals surface area (Å²) in [6, 6.07) is 22.4. The third-order valence-electron chi connectivity index (χ3n) is 11.1.